The van der Waals surface area contributed by atoms with Crippen molar-refractivity contribution in [2.75, 3.05) is 6.54 Å². The van der Waals surface area contributed by atoms with Gasteiger partial charge in [0.25, 0.3) is 5.91 Å². The van der Waals surface area contributed by atoms with Crippen molar-refractivity contribution in [3.63, 3.8) is 0 Å². The second-order valence-electron chi connectivity index (χ2n) is 11.9. The van der Waals surface area contributed by atoms with Crippen molar-refractivity contribution in [1.82, 2.24) is 20.3 Å². The highest BCUT2D eigenvalue weighted by atomic mass is 35.5. The highest BCUT2D eigenvalue weighted by molar-refractivity contribution is 6.39. The van der Waals surface area contributed by atoms with Gasteiger partial charge in [0.15, 0.2) is 0 Å². The zero-order valence-corrected chi connectivity index (χ0v) is 26.8. The first-order valence-electron chi connectivity index (χ1n) is 14.6. The van der Waals surface area contributed by atoms with E-state index in [1.807, 2.05) is 13.8 Å². The van der Waals surface area contributed by atoms with Crippen LogP contribution in [-0.2, 0) is 17.0 Å². The molecule has 0 unspecified atom stereocenters. The summed E-state index contributed by atoms with van der Waals surface area (Å²) in [5.74, 6) is -0.234. The number of aromatic nitrogens is 3. The first-order valence-corrected chi connectivity index (χ1v) is 15.8. The van der Waals surface area contributed by atoms with Crippen LogP contribution in [0.1, 0.15) is 90.5 Å². The number of nitrogens with zero attached hydrogens (tertiary/aromatic N) is 3. The van der Waals surface area contributed by atoms with Gasteiger partial charge in [0.2, 0.25) is 0 Å². The van der Waals surface area contributed by atoms with Gasteiger partial charge in [-0.25, -0.2) is 0 Å². The SMILES string of the molecule is CC(C)n1nc(C(=O)NCC(=O)O)cc1C1CC(O)(c2ccc(OCc3c(-c4c(Cl)cccc4Cl)noc3C3CC3)cc2Cl)C1. The van der Waals surface area contributed by atoms with Crippen LogP contribution in [0.2, 0.25) is 15.1 Å². The molecule has 0 aliphatic heterocycles. The summed E-state index contributed by atoms with van der Waals surface area (Å²) in [4.78, 5) is 23.3. The quantitative estimate of drug-likeness (QED) is 0.153. The number of carbonyl (C=O) groups excluding carboxylic acids is 1. The molecular weight excluding hydrogens is 643 g/mol. The Morgan fingerprint density at radius 1 is 1.09 bits per heavy atom. The zero-order valence-electron chi connectivity index (χ0n) is 24.5. The highest BCUT2D eigenvalue weighted by Crippen LogP contribution is 2.53. The van der Waals surface area contributed by atoms with Gasteiger partial charge in [-0.15, -0.1) is 0 Å². The Labute approximate surface area is 274 Å². The summed E-state index contributed by atoms with van der Waals surface area (Å²) in [6, 6.07) is 12.1. The molecule has 2 aliphatic carbocycles. The van der Waals surface area contributed by atoms with Crippen molar-refractivity contribution >= 4 is 46.7 Å². The molecule has 2 aliphatic rings. The molecular formula is C32H31Cl3N4O6. The van der Waals surface area contributed by atoms with E-state index in [-0.39, 0.29) is 30.2 Å². The lowest BCUT2D eigenvalue weighted by atomic mass is 9.66. The smallest absolute Gasteiger partial charge is 0.322 e. The lowest BCUT2D eigenvalue weighted by Crippen LogP contribution is -2.41. The maximum atomic E-state index is 12.4. The third kappa shape index (κ3) is 6.29. The fraction of sp³-hybridized carbons (Fsp3) is 0.375. The molecule has 10 nitrogen and oxygen atoms in total. The lowest BCUT2D eigenvalue weighted by molar-refractivity contribution is -0.135. The topological polar surface area (TPSA) is 140 Å². The maximum absolute atomic E-state index is 12.4. The average Bonchev–Trinajstić information content (AvgIpc) is 3.57. The molecule has 2 aromatic heterocycles. The molecule has 2 aromatic carbocycles. The van der Waals surface area contributed by atoms with E-state index in [1.165, 1.54) is 0 Å². The second kappa shape index (κ2) is 12.3. The Morgan fingerprint density at radius 2 is 1.80 bits per heavy atom. The molecule has 0 saturated heterocycles. The summed E-state index contributed by atoms with van der Waals surface area (Å²) in [5, 5.41) is 32.7. The van der Waals surface area contributed by atoms with Crippen molar-refractivity contribution < 1.29 is 29.1 Å². The third-order valence-electron chi connectivity index (χ3n) is 8.26. The fourth-order valence-corrected chi connectivity index (χ4v) is 6.76. The summed E-state index contributed by atoms with van der Waals surface area (Å²) in [6.07, 6.45) is 2.76. The Bertz CT molecular complexity index is 1750. The predicted molar refractivity (Wildman–Crippen MR) is 168 cm³/mol. The van der Waals surface area contributed by atoms with Crippen LogP contribution in [0.5, 0.6) is 5.75 Å². The van der Waals surface area contributed by atoms with Crippen LogP contribution in [0.4, 0.5) is 0 Å². The monoisotopic (exact) mass is 672 g/mol. The number of carbonyl (C=O) groups is 2. The Morgan fingerprint density at radius 3 is 2.42 bits per heavy atom. The number of hydrogen-bond donors (Lipinski definition) is 3. The predicted octanol–water partition coefficient (Wildman–Crippen LogP) is 7.12. The summed E-state index contributed by atoms with van der Waals surface area (Å²) in [7, 11) is 0. The molecule has 0 bridgehead atoms. The number of halogens is 3. The summed E-state index contributed by atoms with van der Waals surface area (Å²) in [5.41, 5.74) is 2.25. The molecule has 0 radical (unpaired) electrons. The van der Waals surface area contributed by atoms with Gasteiger partial charge in [0.05, 0.1) is 26.2 Å². The highest BCUT2D eigenvalue weighted by Gasteiger charge is 2.47. The van der Waals surface area contributed by atoms with Gasteiger partial charge in [-0.05, 0) is 69.9 Å². The minimum atomic E-state index is -1.18. The maximum Gasteiger partial charge on any atom is 0.322 e. The fourth-order valence-electron chi connectivity index (χ4n) is 5.84. The van der Waals surface area contributed by atoms with E-state index >= 15 is 0 Å². The molecule has 2 saturated carbocycles. The molecule has 2 heterocycles. The number of aliphatic hydroxyl groups is 1. The molecule has 45 heavy (non-hydrogen) atoms. The normalized spacial score (nSPS) is 19.4. The molecule has 4 aromatic rings. The van der Waals surface area contributed by atoms with E-state index in [0.29, 0.717) is 50.5 Å². The molecule has 2 fully saturated rings. The molecule has 13 heteroatoms. The number of carboxylic acid groups (broad SMARTS) is 1. The van der Waals surface area contributed by atoms with Crippen LogP contribution >= 0.6 is 34.8 Å². The number of carboxylic acids is 1. The Kier molecular flexibility index (Phi) is 8.60. The lowest BCUT2D eigenvalue weighted by Gasteiger charge is -2.44. The molecule has 6 rings (SSSR count). The van der Waals surface area contributed by atoms with Crippen LogP contribution in [0.15, 0.2) is 47.0 Å². The number of ether oxygens (including phenoxy) is 1. The van der Waals surface area contributed by atoms with Crippen molar-refractivity contribution in [2.24, 2.45) is 0 Å². The number of amides is 1. The van der Waals surface area contributed by atoms with Gasteiger partial charge in [-0.2, -0.15) is 5.10 Å². The number of benzene rings is 2. The molecule has 1 amide bonds. The minimum Gasteiger partial charge on any atom is -0.489 e. The van der Waals surface area contributed by atoms with Gasteiger partial charge >= 0.3 is 5.97 Å². The first kappa shape index (κ1) is 31.4. The van der Waals surface area contributed by atoms with E-state index < -0.39 is 24.0 Å². The summed E-state index contributed by atoms with van der Waals surface area (Å²) in [6.45, 7) is 3.54. The van der Waals surface area contributed by atoms with Crippen molar-refractivity contribution in [1.29, 1.82) is 0 Å². The van der Waals surface area contributed by atoms with Crippen LogP contribution < -0.4 is 10.1 Å². The van der Waals surface area contributed by atoms with E-state index in [2.05, 4.69) is 15.6 Å². The first-order chi connectivity index (χ1) is 21.4. The van der Waals surface area contributed by atoms with Gasteiger partial charge in [-0.1, -0.05) is 52.1 Å². The van der Waals surface area contributed by atoms with E-state index in [9.17, 15) is 14.7 Å². The van der Waals surface area contributed by atoms with Gasteiger partial charge in [0, 0.05) is 34.7 Å². The van der Waals surface area contributed by atoms with E-state index in [1.54, 1.807) is 47.1 Å². The van der Waals surface area contributed by atoms with Gasteiger partial charge in [0.1, 0.15) is 36.0 Å². The zero-order chi connectivity index (χ0) is 32.0. The second-order valence-corrected chi connectivity index (χ2v) is 13.1. The van der Waals surface area contributed by atoms with Crippen molar-refractivity contribution in [3.05, 3.63) is 85.8 Å². The Balaban J connectivity index is 1.17. The number of hydrogen-bond acceptors (Lipinski definition) is 7. The van der Waals surface area contributed by atoms with Crippen LogP contribution in [0, 0.1) is 0 Å². The molecule has 0 atom stereocenters. The standard InChI is InChI=1S/C32H31Cl3N4O6/c1-16(2)39-26(11-25(37-39)31(42)36-14-27(40)41)18-12-32(43,13-18)21-9-8-19(10-24(21)35)44-15-20-29(38-45-30(20)17-6-7-17)28-22(33)4-3-5-23(28)34/h3-5,8-11,16-18,43H,6-7,12-15H2,1-2H3,(H,36,42)(H,40,41). The summed E-state index contributed by atoms with van der Waals surface area (Å²) < 4.78 is 13.6. The van der Waals surface area contributed by atoms with Crippen LogP contribution in [0.25, 0.3) is 11.3 Å². The van der Waals surface area contributed by atoms with Gasteiger partial charge in [-0.3, -0.25) is 14.3 Å². The number of rotatable bonds is 11. The largest absolute Gasteiger partial charge is 0.489 e. The minimum absolute atomic E-state index is 0.0462. The number of nitrogens with one attached hydrogen (secondary N) is 1. The van der Waals surface area contributed by atoms with Crippen molar-refractivity contribution in [2.45, 2.75) is 69.6 Å². The van der Waals surface area contributed by atoms with Gasteiger partial charge < -0.3 is 24.8 Å². The number of aliphatic carboxylic acids is 1. The molecule has 0 spiro atoms. The van der Waals surface area contributed by atoms with Crippen LogP contribution in [-0.4, -0.2) is 43.6 Å². The molecule has 3 N–H and O–H groups in total. The van der Waals surface area contributed by atoms with Crippen molar-refractivity contribution in [3.8, 4) is 17.0 Å². The third-order valence-corrected chi connectivity index (χ3v) is 9.21. The van der Waals surface area contributed by atoms with E-state index in [0.717, 1.165) is 29.9 Å². The average molecular weight is 674 g/mol. The van der Waals surface area contributed by atoms with Crippen LogP contribution in [0.3, 0.4) is 0 Å². The molecule has 236 valence electrons. The van der Waals surface area contributed by atoms with E-state index in [4.69, 9.17) is 49.2 Å². The Hall–Kier alpha value is -3.57. The summed E-state index contributed by atoms with van der Waals surface area (Å²) >= 11 is 19.7.